The Morgan fingerprint density at radius 2 is 1.87 bits per heavy atom. The van der Waals surface area contributed by atoms with Crippen molar-refractivity contribution in [3.63, 3.8) is 0 Å². The van der Waals surface area contributed by atoms with Gasteiger partial charge in [0.25, 0.3) is 11.8 Å². The Morgan fingerprint density at radius 3 is 2.52 bits per heavy atom. The van der Waals surface area contributed by atoms with Gasteiger partial charge in [0.2, 0.25) is 17.7 Å². The van der Waals surface area contributed by atoms with Crippen LogP contribution in [0.4, 0.5) is 23.4 Å². The molecule has 3 saturated carbocycles. The summed E-state index contributed by atoms with van der Waals surface area (Å²) in [5.74, 6) is -7.29. The number of hydrogen-bond acceptors (Lipinski definition) is 6. The van der Waals surface area contributed by atoms with Crippen LogP contribution >= 0.6 is 0 Å². The van der Waals surface area contributed by atoms with E-state index < -0.39 is 95.0 Å². The lowest BCUT2D eigenvalue weighted by molar-refractivity contribution is -0.185. The highest BCUT2D eigenvalue weighted by Crippen LogP contribution is 2.59. The second-order valence-electron chi connectivity index (χ2n) is 15.3. The molecule has 10 nitrogen and oxygen atoms in total. The number of alkyl halides is 4. The lowest BCUT2D eigenvalue weighted by Gasteiger charge is -2.42. The number of fused-ring (bicyclic) bond motifs is 7. The molecule has 1 aromatic rings. The normalized spacial score (nSPS) is 36.9. The number of nitrogens with one attached hydrogen (secondary N) is 2. The second-order valence-corrected chi connectivity index (χ2v) is 15.3. The summed E-state index contributed by atoms with van der Waals surface area (Å²) in [5, 5.41) is 15.3. The maximum Gasteiger partial charge on any atom is 0.258 e. The highest BCUT2D eigenvalue weighted by molar-refractivity contribution is 6.06. The quantitative estimate of drug-likeness (QED) is 0.484. The minimum atomic E-state index is -3.32. The molecule has 1 aromatic heterocycles. The summed E-state index contributed by atoms with van der Waals surface area (Å²) in [6.45, 7) is 4.84. The van der Waals surface area contributed by atoms with Crippen LogP contribution in [-0.2, 0) is 24.6 Å². The Kier molecular flexibility index (Phi) is 6.63. The van der Waals surface area contributed by atoms with Crippen molar-refractivity contribution in [3.05, 3.63) is 23.9 Å². The number of amides is 4. The van der Waals surface area contributed by atoms with Gasteiger partial charge >= 0.3 is 0 Å². The average Bonchev–Trinajstić information content (AvgIpc) is 3.76. The van der Waals surface area contributed by atoms with Crippen molar-refractivity contribution in [2.75, 3.05) is 18.4 Å². The highest BCUT2D eigenvalue weighted by Gasteiger charge is 2.66. The van der Waals surface area contributed by atoms with Gasteiger partial charge in [-0.1, -0.05) is 26.8 Å². The third-order valence-electron chi connectivity index (χ3n) is 11.5. The Labute approximate surface area is 263 Å². The lowest BCUT2D eigenvalue weighted by Crippen LogP contribution is -2.64. The summed E-state index contributed by atoms with van der Waals surface area (Å²) in [5.41, 5.74) is -4.52. The van der Waals surface area contributed by atoms with Crippen molar-refractivity contribution in [2.24, 2.45) is 29.1 Å². The van der Waals surface area contributed by atoms with Gasteiger partial charge < -0.3 is 20.4 Å². The maximum absolute atomic E-state index is 15.3. The van der Waals surface area contributed by atoms with E-state index in [0.29, 0.717) is 24.2 Å². The number of likely N-dealkylation sites (tertiary alicyclic amines) is 2. The molecule has 3 aliphatic heterocycles. The van der Waals surface area contributed by atoms with Crippen LogP contribution in [0.15, 0.2) is 18.3 Å². The Balaban J connectivity index is 1.22. The molecule has 0 aromatic carbocycles. The van der Waals surface area contributed by atoms with Crippen molar-refractivity contribution in [2.45, 2.75) is 94.2 Å². The summed E-state index contributed by atoms with van der Waals surface area (Å²) < 4.78 is 57.5. The monoisotopic (exact) mass is 644 g/mol. The molecule has 0 radical (unpaired) electrons. The molecule has 1 spiro atoms. The standard InChI is InChI=1S/C32H36F4N6O4/c1-29(2,3)23(39-28(46)31(34)12-32(35,36)13-31)26(44)41-11-18-15-7-17(20(33)8-15)21(18)22(41)25(43)42-14-30(9-16(42)10-37)19-5-4-6-38-24(19)40-27(30)45/h4-6,15-18,20-23H,7-9,11-14H2,1-3H3,(H,39,46)(H,38,40,45). The van der Waals surface area contributed by atoms with E-state index >= 15 is 8.78 Å². The number of halogens is 4. The number of carbonyl (C=O) groups is 4. The minimum absolute atomic E-state index is 0.0101. The molecular weight excluding hydrogens is 608 g/mol. The van der Waals surface area contributed by atoms with E-state index in [1.54, 1.807) is 32.9 Å². The van der Waals surface area contributed by atoms with E-state index in [-0.39, 0.29) is 31.3 Å². The van der Waals surface area contributed by atoms with Crippen LogP contribution in [0.1, 0.15) is 58.4 Å². The number of carbonyl (C=O) groups excluding carboxylic acids is 4. The van der Waals surface area contributed by atoms with Gasteiger partial charge in [-0.15, -0.1) is 0 Å². The first-order chi connectivity index (χ1) is 21.5. The molecule has 46 heavy (non-hydrogen) atoms. The number of aromatic nitrogens is 1. The van der Waals surface area contributed by atoms with Crippen molar-refractivity contribution in [1.82, 2.24) is 20.1 Å². The molecule has 9 unspecified atom stereocenters. The van der Waals surface area contributed by atoms with Gasteiger partial charge in [-0.2, -0.15) is 5.26 Å². The Morgan fingerprint density at radius 1 is 1.15 bits per heavy atom. The molecule has 2 saturated heterocycles. The van der Waals surface area contributed by atoms with E-state index in [2.05, 4.69) is 21.7 Å². The van der Waals surface area contributed by atoms with Gasteiger partial charge in [-0.3, -0.25) is 19.2 Å². The van der Waals surface area contributed by atoms with E-state index in [0.717, 1.165) is 0 Å². The maximum atomic E-state index is 15.3. The third kappa shape index (κ3) is 4.36. The van der Waals surface area contributed by atoms with Crippen LogP contribution in [0.25, 0.3) is 0 Å². The van der Waals surface area contributed by atoms with Crippen LogP contribution in [0.2, 0.25) is 0 Å². The van der Waals surface area contributed by atoms with Crippen molar-refractivity contribution < 1.29 is 36.7 Å². The predicted octanol–water partition coefficient (Wildman–Crippen LogP) is 2.89. The Bertz CT molecular complexity index is 1570. The molecule has 4 amide bonds. The smallest absolute Gasteiger partial charge is 0.258 e. The number of anilines is 1. The average molecular weight is 645 g/mol. The van der Waals surface area contributed by atoms with Crippen LogP contribution in [0.3, 0.4) is 0 Å². The zero-order chi connectivity index (χ0) is 33.1. The number of rotatable bonds is 4. The Hall–Kier alpha value is -3.76. The fourth-order valence-corrected chi connectivity index (χ4v) is 9.28. The molecule has 7 rings (SSSR count). The summed E-state index contributed by atoms with van der Waals surface area (Å²) in [4.78, 5) is 62.2. The third-order valence-corrected chi connectivity index (χ3v) is 11.5. The topological polar surface area (TPSA) is 136 Å². The van der Waals surface area contributed by atoms with Crippen LogP contribution < -0.4 is 10.6 Å². The molecule has 9 atom stereocenters. The first-order valence-electron chi connectivity index (χ1n) is 15.8. The first kappa shape index (κ1) is 30.9. The molecule has 4 heterocycles. The molecular formula is C32H36F4N6O4. The highest BCUT2D eigenvalue weighted by atomic mass is 19.3. The predicted molar refractivity (Wildman–Crippen MR) is 153 cm³/mol. The lowest BCUT2D eigenvalue weighted by atomic mass is 9.76. The molecule has 14 heteroatoms. The van der Waals surface area contributed by atoms with E-state index in [1.165, 1.54) is 16.0 Å². The van der Waals surface area contributed by atoms with Crippen molar-refractivity contribution >= 4 is 29.4 Å². The molecule has 6 aliphatic rings. The summed E-state index contributed by atoms with van der Waals surface area (Å²) in [6, 6.07) is 1.93. The van der Waals surface area contributed by atoms with Gasteiger partial charge in [0, 0.05) is 31.3 Å². The van der Waals surface area contributed by atoms with E-state index in [4.69, 9.17) is 0 Å². The van der Waals surface area contributed by atoms with E-state index in [1.807, 2.05) is 0 Å². The summed E-state index contributed by atoms with van der Waals surface area (Å²) >= 11 is 0. The zero-order valence-electron chi connectivity index (χ0n) is 25.7. The van der Waals surface area contributed by atoms with Gasteiger partial charge in [0.1, 0.15) is 30.1 Å². The number of nitriles is 1. The van der Waals surface area contributed by atoms with E-state index in [9.17, 15) is 33.2 Å². The van der Waals surface area contributed by atoms with Gasteiger partial charge in [-0.05, 0) is 48.0 Å². The fraction of sp³-hybridized carbons (Fsp3) is 0.688. The van der Waals surface area contributed by atoms with Crippen LogP contribution in [0.5, 0.6) is 0 Å². The van der Waals surface area contributed by atoms with Crippen LogP contribution in [0, 0.1) is 40.4 Å². The SMILES string of the molecule is CC(C)(C)C(NC(=O)C1(F)CC(F)(F)C1)C(=O)N1CC2C3CC(F)C(C3)C2C1C(=O)N1CC2(CC1C#N)C(=O)Nc1ncccc12. The van der Waals surface area contributed by atoms with Crippen molar-refractivity contribution in [3.8, 4) is 6.07 Å². The fourth-order valence-electron chi connectivity index (χ4n) is 9.28. The first-order valence-corrected chi connectivity index (χ1v) is 15.8. The largest absolute Gasteiger partial charge is 0.341 e. The number of hydrogen-bond donors (Lipinski definition) is 2. The van der Waals surface area contributed by atoms with Gasteiger partial charge in [0.15, 0.2) is 5.67 Å². The molecule has 246 valence electrons. The summed E-state index contributed by atoms with van der Waals surface area (Å²) in [7, 11) is 0. The van der Waals surface area contributed by atoms with Gasteiger partial charge in [-0.25, -0.2) is 22.5 Å². The zero-order valence-corrected chi connectivity index (χ0v) is 25.7. The summed E-state index contributed by atoms with van der Waals surface area (Å²) in [6.07, 6.45) is -1.34. The van der Waals surface area contributed by atoms with Gasteiger partial charge in [0.05, 0.1) is 24.3 Å². The number of pyridine rings is 1. The molecule has 2 bridgehead atoms. The minimum Gasteiger partial charge on any atom is -0.341 e. The molecule has 2 N–H and O–H groups in total. The van der Waals surface area contributed by atoms with Crippen LogP contribution in [-0.4, -0.2) is 87.4 Å². The second kappa shape index (κ2) is 9.87. The van der Waals surface area contributed by atoms with Crippen molar-refractivity contribution in [1.29, 1.82) is 5.26 Å². The number of nitrogens with zero attached hydrogens (tertiary/aromatic N) is 4. The molecule has 3 aliphatic carbocycles. The molecule has 5 fully saturated rings.